The molecule has 8 nitrogen and oxygen atoms in total. The van der Waals surface area contributed by atoms with E-state index in [0.29, 0.717) is 12.4 Å². The van der Waals surface area contributed by atoms with Crippen LogP contribution in [0.25, 0.3) is 0 Å². The van der Waals surface area contributed by atoms with Gasteiger partial charge in [-0.25, -0.2) is 13.9 Å². The summed E-state index contributed by atoms with van der Waals surface area (Å²) in [4.78, 5) is 16.6. The van der Waals surface area contributed by atoms with Crippen LogP contribution in [-0.2, 0) is 32.4 Å². The van der Waals surface area contributed by atoms with Crippen LogP contribution in [0.2, 0.25) is 0 Å². The lowest BCUT2D eigenvalue weighted by Gasteiger charge is -2.34. The lowest BCUT2D eigenvalue weighted by Crippen LogP contribution is -2.54. The van der Waals surface area contributed by atoms with Crippen molar-refractivity contribution in [1.29, 1.82) is 0 Å². The molecule has 31 heavy (non-hydrogen) atoms. The molecule has 0 bridgehead atoms. The molecule has 3 rings (SSSR count). The second kappa shape index (κ2) is 10.9. The first-order valence-corrected chi connectivity index (χ1v) is 11.3. The van der Waals surface area contributed by atoms with E-state index < -0.39 is 20.5 Å². The molecule has 1 aromatic carbocycles. The van der Waals surface area contributed by atoms with Gasteiger partial charge in [0.1, 0.15) is 12.4 Å². The van der Waals surface area contributed by atoms with Gasteiger partial charge in [-0.15, -0.1) is 12.4 Å². The third-order valence-electron chi connectivity index (χ3n) is 5.26. The number of rotatable bonds is 8. The van der Waals surface area contributed by atoms with Crippen molar-refractivity contribution in [3.8, 4) is 5.75 Å². The van der Waals surface area contributed by atoms with E-state index in [1.165, 1.54) is 17.6 Å². The van der Waals surface area contributed by atoms with Gasteiger partial charge >= 0.3 is 0 Å². The van der Waals surface area contributed by atoms with Gasteiger partial charge in [0.05, 0.1) is 4.90 Å². The Kier molecular flexibility index (Phi) is 8.81. The molecule has 0 unspecified atom stereocenters. The molecule has 0 radical (unpaired) electrons. The summed E-state index contributed by atoms with van der Waals surface area (Å²) in [7, 11) is -4.05. The summed E-state index contributed by atoms with van der Waals surface area (Å²) in [6.07, 6.45) is 3.68. The Labute approximate surface area is 188 Å². The number of carbonyl (C=O) groups is 1. The van der Waals surface area contributed by atoms with Gasteiger partial charge in [-0.2, -0.15) is 0 Å². The van der Waals surface area contributed by atoms with E-state index in [9.17, 15) is 13.2 Å². The third kappa shape index (κ3) is 5.35. The van der Waals surface area contributed by atoms with Crippen LogP contribution >= 0.6 is 12.4 Å². The Hall–Kier alpha value is -2.20. The minimum atomic E-state index is -4.05. The summed E-state index contributed by atoms with van der Waals surface area (Å²) < 4.78 is 35.6. The lowest BCUT2D eigenvalue weighted by molar-refractivity contribution is -0.134. The number of hydrogen-bond acceptors (Lipinski definition) is 7. The highest BCUT2D eigenvalue weighted by Gasteiger charge is 2.52. The zero-order valence-corrected chi connectivity index (χ0v) is 18.9. The molecule has 10 heteroatoms. The SMILES string of the molecule is CCCc1ccc(COc2ccc(S(=O)(=O)C3(C(=O)NO)CCOCC3)cc2)cn1.Cl. The van der Waals surface area contributed by atoms with E-state index in [1.807, 2.05) is 12.1 Å². The molecular formula is C21H27ClN2O6S. The average Bonchev–Trinajstić information content (AvgIpc) is 2.79. The molecule has 1 fully saturated rings. The normalized spacial score (nSPS) is 15.5. The fraction of sp³-hybridized carbons (Fsp3) is 0.429. The number of nitrogens with one attached hydrogen (secondary N) is 1. The van der Waals surface area contributed by atoms with Crippen molar-refractivity contribution >= 4 is 28.2 Å². The second-order valence-corrected chi connectivity index (χ2v) is 9.48. The van der Waals surface area contributed by atoms with E-state index in [1.54, 1.807) is 18.3 Å². The zero-order chi connectivity index (χ0) is 21.6. The highest BCUT2D eigenvalue weighted by molar-refractivity contribution is 7.93. The first-order chi connectivity index (χ1) is 14.4. The highest BCUT2D eigenvalue weighted by atomic mass is 35.5. The smallest absolute Gasteiger partial charge is 0.265 e. The lowest BCUT2D eigenvalue weighted by atomic mass is 9.98. The summed E-state index contributed by atoms with van der Waals surface area (Å²) in [5.74, 6) is -0.440. The van der Waals surface area contributed by atoms with Crippen molar-refractivity contribution in [2.24, 2.45) is 0 Å². The van der Waals surface area contributed by atoms with E-state index in [4.69, 9.17) is 14.7 Å². The van der Waals surface area contributed by atoms with Gasteiger partial charge in [0.2, 0.25) is 0 Å². The molecule has 1 amide bonds. The molecule has 1 aromatic heterocycles. The number of hydrogen-bond donors (Lipinski definition) is 2. The maximum Gasteiger partial charge on any atom is 0.265 e. The molecule has 1 saturated heterocycles. The first-order valence-electron chi connectivity index (χ1n) is 9.86. The Morgan fingerprint density at radius 1 is 1.19 bits per heavy atom. The fourth-order valence-electron chi connectivity index (χ4n) is 3.47. The van der Waals surface area contributed by atoms with Crippen molar-refractivity contribution in [2.45, 2.75) is 48.9 Å². The first kappa shape index (κ1) is 25.1. The number of aromatic nitrogens is 1. The maximum atomic E-state index is 13.2. The molecule has 1 aliphatic heterocycles. The van der Waals surface area contributed by atoms with Crippen LogP contribution in [0.5, 0.6) is 5.75 Å². The number of sulfone groups is 1. The Morgan fingerprint density at radius 2 is 1.87 bits per heavy atom. The van der Waals surface area contributed by atoms with E-state index in [2.05, 4.69) is 11.9 Å². The standard InChI is InChI=1S/C21H26N2O6S.ClH/c1-2-3-17-5-4-16(14-22-17)15-29-18-6-8-19(9-7-18)30(26,27)21(20(24)23-25)10-12-28-13-11-21;/h4-9,14,25H,2-3,10-13,15H2,1H3,(H,23,24);1H. The summed E-state index contributed by atoms with van der Waals surface area (Å²) in [5.41, 5.74) is 3.45. The summed E-state index contributed by atoms with van der Waals surface area (Å²) in [6, 6.07) is 9.85. The zero-order valence-electron chi connectivity index (χ0n) is 17.2. The molecule has 0 aliphatic carbocycles. The minimum absolute atomic E-state index is 0. The van der Waals surface area contributed by atoms with Crippen LogP contribution < -0.4 is 10.2 Å². The van der Waals surface area contributed by atoms with Gasteiger partial charge in [0, 0.05) is 30.7 Å². The minimum Gasteiger partial charge on any atom is -0.489 e. The van der Waals surface area contributed by atoms with Gasteiger partial charge in [-0.1, -0.05) is 19.4 Å². The molecule has 1 aliphatic rings. The molecule has 170 valence electrons. The van der Waals surface area contributed by atoms with Gasteiger partial charge in [0.15, 0.2) is 14.6 Å². The summed E-state index contributed by atoms with van der Waals surface area (Å²) in [5, 5.41) is 9.10. The molecule has 2 heterocycles. The molecular weight excluding hydrogens is 444 g/mol. The van der Waals surface area contributed by atoms with Gasteiger partial charge in [-0.05, 0) is 49.6 Å². The predicted octanol–water partition coefficient (Wildman–Crippen LogP) is 2.86. The molecule has 2 N–H and O–H groups in total. The Balaban J connectivity index is 0.00000341. The van der Waals surface area contributed by atoms with Gasteiger partial charge in [0.25, 0.3) is 5.91 Å². The molecule has 0 spiro atoms. The van der Waals surface area contributed by atoms with Crippen LogP contribution in [0, 0.1) is 0 Å². The summed E-state index contributed by atoms with van der Waals surface area (Å²) in [6.45, 7) is 2.65. The van der Waals surface area contributed by atoms with Crippen LogP contribution in [0.3, 0.4) is 0 Å². The van der Waals surface area contributed by atoms with Gasteiger partial charge in [-0.3, -0.25) is 15.0 Å². The van der Waals surface area contributed by atoms with E-state index in [0.717, 1.165) is 24.1 Å². The van der Waals surface area contributed by atoms with Crippen molar-refractivity contribution in [2.75, 3.05) is 13.2 Å². The number of carbonyl (C=O) groups excluding carboxylic acids is 1. The number of aryl methyl sites for hydroxylation is 1. The van der Waals surface area contributed by atoms with Crippen LogP contribution in [0.15, 0.2) is 47.5 Å². The quantitative estimate of drug-likeness (QED) is 0.450. The van der Waals surface area contributed by atoms with Crippen LogP contribution in [0.4, 0.5) is 0 Å². The predicted molar refractivity (Wildman–Crippen MR) is 116 cm³/mol. The van der Waals surface area contributed by atoms with Gasteiger partial charge < -0.3 is 9.47 Å². The maximum absolute atomic E-state index is 13.2. The fourth-order valence-corrected chi connectivity index (χ4v) is 5.41. The van der Waals surface area contributed by atoms with Crippen molar-refractivity contribution in [3.05, 3.63) is 53.9 Å². The number of ether oxygens (including phenoxy) is 2. The van der Waals surface area contributed by atoms with Crippen molar-refractivity contribution < 1.29 is 27.9 Å². The second-order valence-electron chi connectivity index (χ2n) is 7.22. The van der Waals surface area contributed by atoms with Crippen molar-refractivity contribution in [1.82, 2.24) is 10.5 Å². The summed E-state index contributed by atoms with van der Waals surface area (Å²) >= 11 is 0. The topological polar surface area (TPSA) is 115 Å². The monoisotopic (exact) mass is 470 g/mol. The average molecular weight is 471 g/mol. The molecule has 0 saturated carbocycles. The molecule has 0 atom stereocenters. The van der Waals surface area contributed by atoms with E-state index in [-0.39, 0.29) is 43.4 Å². The number of nitrogens with zero attached hydrogens (tertiary/aromatic N) is 1. The Bertz CT molecular complexity index is 958. The largest absolute Gasteiger partial charge is 0.489 e. The number of halogens is 1. The Morgan fingerprint density at radius 3 is 2.42 bits per heavy atom. The van der Waals surface area contributed by atoms with Crippen molar-refractivity contribution in [3.63, 3.8) is 0 Å². The van der Waals surface area contributed by atoms with Crippen LogP contribution in [0.1, 0.15) is 37.4 Å². The third-order valence-corrected chi connectivity index (χ3v) is 7.78. The number of hydroxylamine groups is 1. The highest BCUT2D eigenvalue weighted by Crippen LogP contribution is 2.35. The van der Waals surface area contributed by atoms with Crippen LogP contribution in [-0.4, -0.2) is 42.5 Å². The number of pyridine rings is 1. The number of benzene rings is 1. The van der Waals surface area contributed by atoms with E-state index >= 15 is 0 Å². The number of amides is 1. The molecule has 2 aromatic rings.